The minimum absolute atomic E-state index is 0.0149. The van der Waals surface area contributed by atoms with Crippen molar-refractivity contribution in [2.24, 2.45) is 5.92 Å². The van der Waals surface area contributed by atoms with Crippen molar-refractivity contribution in [1.82, 2.24) is 19.9 Å². The summed E-state index contributed by atoms with van der Waals surface area (Å²) < 4.78 is 16.2. The van der Waals surface area contributed by atoms with Crippen molar-refractivity contribution in [3.63, 3.8) is 0 Å². The Hall–Kier alpha value is -3.07. The number of nitrogens with zero attached hydrogens (tertiary/aromatic N) is 4. The Labute approximate surface area is 213 Å². The van der Waals surface area contributed by atoms with Crippen LogP contribution >= 0.6 is 0 Å². The van der Waals surface area contributed by atoms with E-state index in [1.54, 1.807) is 28.1 Å². The first kappa shape index (κ1) is 26.0. The average molecular weight is 499 g/mol. The van der Waals surface area contributed by atoms with Crippen molar-refractivity contribution in [3.05, 3.63) is 51.8 Å². The van der Waals surface area contributed by atoms with E-state index in [1.165, 1.54) is 0 Å². The number of carbonyl (C=O) groups is 2. The third-order valence-electron chi connectivity index (χ3n) is 7.89. The summed E-state index contributed by atoms with van der Waals surface area (Å²) in [5.74, 6) is 1.36. The standard InChI is InChI=1S/C27H38N4O5/c1-8-31-26(33)30-15-21(14-18(3)35-7)22(16-34-6)17(2)13-23(30)27(31)9-11-29(12-10-27)25(32)24-19(4)28-36-20(24)5/h13-14,17H,8-12,15-16H2,1-7H3. The summed E-state index contributed by atoms with van der Waals surface area (Å²) in [7, 11) is 3.35. The number of aromatic nitrogens is 1. The molecule has 2 fully saturated rings. The van der Waals surface area contributed by atoms with Crippen LogP contribution in [0.3, 0.4) is 0 Å². The highest BCUT2D eigenvalue weighted by Gasteiger charge is 2.55. The molecule has 1 atom stereocenters. The number of likely N-dealkylation sites (N-methyl/N-ethyl adjacent to an activating group) is 1. The Kier molecular flexibility index (Phi) is 7.31. The molecule has 1 aromatic rings. The average Bonchev–Trinajstić information content (AvgIpc) is 3.24. The first-order valence-corrected chi connectivity index (χ1v) is 12.6. The molecule has 4 rings (SSSR count). The fourth-order valence-corrected chi connectivity index (χ4v) is 5.93. The molecule has 3 amide bonds. The number of ether oxygens (including phenoxy) is 2. The highest BCUT2D eigenvalue weighted by atomic mass is 16.5. The SMILES string of the molecule is CCN1C(=O)N2CC(C=C(C)OC)=C(COC)C(C)C=C2C12CCN(C(=O)c1c(C)noc1C)CC2. The Morgan fingerprint density at radius 2 is 1.97 bits per heavy atom. The molecule has 196 valence electrons. The lowest BCUT2D eigenvalue weighted by Crippen LogP contribution is -2.54. The molecule has 1 spiro atoms. The summed E-state index contributed by atoms with van der Waals surface area (Å²) in [6.45, 7) is 12.3. The van der Waals surface area contributed by atoms with Gasteiger partial charge >= 0.3 is 6.03 Å². The number of hydrogen-bond donors (Lipinski definition) is 0. The lowest BCUT2D eigenvalue weighted by atomic mass is 9.82. The van der Waals surface area contributed by atoms with Gasteiger partial charge in [0.25, 0.3) is 5.91 Å². The first-order chi connectivity index (χ1) is 17.2. The Balaban J connectivity index is 1.67. The minimum atomic E-state index is -0.441. The smallest absolute Gasteiger partial charge is 0.325 e. The van der Waals surface area contributed by atoms with E-state index in [4.69, 9.17) is 14.0 Å². The van der Waals surface area contributed by atoms with Crippen molar-refractivity contribution >= 4 is 11.9 Å². The van der Waals surface area contributed by atoms with E-state index >= 15 is 0 Å². The second-order valence-electron chi connectivity index (χ2n) is 9.92. The molecular weight excluding hydrogens is 460 g/mol. The summed E-state index contributed by atoms with van der Waals surface area (Å²) >= 11 is 0. The predicted molar refractivity (Wildman–Crippen MR) is 135 cm³/mol. The molecule has 0 radical (unpaired) electrons. The maximum Gasteiger partial charge on any atom is 0.325 e. The van der Waals surface area contributed by atoms with E-state index in [0.29, 0.717) is 62.6 Å². The molecule has 0 aliphatic carbocycles. The summed E-state index contributed by atoms with van der Waals surface area (Å²) in [6, 6.07) is 0.0149. The number of urea groups is 1. The zero-order valence-corrected chi connectivity index (χ0v) is 22.5. The van der Waals surface area contributed by atoms with Crippen LogP contribution in [-0.2, 0) is 9.47 Å². The zero-order valence-electron chi connectivity index (χ0n) is 22.5. The van der Waals surface area contributed by atoms with E-state index in [2.05, 4.69) is 18.2 Å². The van der Waals surface area contributed by atoms with E-state index in [9.17, 15) is 9.59 Å². The Morgan fingerprint density at radius 3 is 2.53 bits per heavy atom. The number of methoxy groups -OCH3 is 2. The molecule has 0 bridgehead atoms. The van der Waals surface area contributed by atoms with Crippen molar-refractivity contribution in [2.45, 2.75) is 53.0 Å². The van der Waals surface area contributed by atoms with Gasteiger partial charge in [0.2, 0.25) is 0 Å². The first-order valence-electron chi connectivity index (χ1n) is 12.6. The zero-order chi connectivity index (χ0) is 26.2. The quantitative estimate of drug-likeness (QED) is 0.550. The Bertz CT molecular complexity index is 1100. The largest absolute Gasteiger partial charge is 0.501 e. The molecule has 1 aromatic heterocycles. The number of hydrogen-bond acceptors (Lipinski definition) is 6. The number of allylic oxidation sites excluding steroid dienone is 2. The number of amides is 3. The number of piperidine rings is 1. The molecule has 0 N–H and O–H groups in total. The second-order valence-corrected chi connectivity index (χ2v) is 9.92. The van der Waals surface area contributed by atoms with Crippen LogP contribution in [0.25, 0.3) is 0 Å². The van der Waals surface area contributed by atoms with Crippen LogP contribution in [0.5, 0.6) is 0 Å². The van der Waals surface area contributed by atoms with E-state index < -0.39 is 5.54 Å². The van der Waals surface area contributed by atoms with Crippen LogP contribution in [0.15, 0.2) is 39.3 Å². The Morgan fingerprint density at radius 1 is 1.28 bits per heavy atom. The van der Waals surface area contributed by atoms with Crippen LogP contribution in [0.1, 0.15) is 55.4 Å². The molecule has 0 aromatic carbocycles. The van der Waals surface area contributed by atoms with Crippen molar-refractivity contribution in [1.29, 1.82) is 0 Å². The van der Waals surface area contributed by atoms with E-state index in [-0.39, 0.29) is 17.9 Å². The second kappa shape index (κ2) is 10.1. The molecule has 1 unspecified atom stereocenters. The van der Waals surface area contributed by atoms with Crippen LogP contribution in [-0.4, -0.2) is 84.3 Å². The molecule has 9 heteroatoms. The van der Waals surface area contributed by atoms with Gasteiger partial charge in [0.15, 0.2) is 0 Å². The van der Waals surface area contributed by atoms with Gasteiger partial charge in [-0.25, -0.2) is 4.79 Å². The molecule has 4 heterocycles. The molecule has 2 saturated heterocycles. The maximum absolute atomic E-state index is 13.8. The van der Waals surface area contributed by atoms with Gasteiger partial charge in [-0.3, -0.25) is 9.69 Å². The lowest BCUT2D eigenvalue weighted by Gasteiger charge is -2.44. The molecule has 9 nitrogen and oxygen atoms in total. The topological polar surface area (TPSA) is 88.4 Å². The van der Waals surface area contributed by atoms with Crippen molar-refractivity contribution in [3.8, 4) is 0 Å². The lowest BCUT2D eigenvalue weighted by molar-refractivity contribution is 0.0573. The van der Waals surface area contributed by atoms with Gasteiger partial charge in [-0.15, -0.1) is 0 Å². The minimum Gasteiger partial charge on any atom is -0.501 e. The van der Waals surface area contributed by atoms with E-state index in [1.807, 2.05) is 34.6 Å². The monoisotopic (exact) mass is 498 g/mol. The van der Waals surface area contributed by atoms with Crippen LogP contribution in [0, 0.1) is 19.8 Å². The van der Waals surface area contributed by atoms with Gasteiger partial charge in [-0.2, -0.15) is 0 Å². The highest BCUT2D eigenvalue weighted by Crippen LogP contribution is 2.46. The predicted octanol–water partition coefficient (Wildman–Crippen LogP) is 4.05. The van der Waals surface area contributed by atoms with Crippen molar-refractivity contribution < 1.29 is 23.6 Å². The molecular formula is C27H38N4O5. The fraction of sp³-hybridized carbons (Fsp3) is 0.593. The van der Waals surface area contributed by atoms with Gasteiger partial charge in [-0.05, 0) is 63.7 Å². The van der Waals surface area contributed by atoms with Crippen LogP contribution < -0.4 is 0 Å². The third-order valence-corrected chi connectivity index (χ3v) is 7.89. The molecule has 36 heavy (non-hydrogen) atoms. The third kappa shape index (κ3) is 4.23. The van der Waals surface area contributed by atoms with Gasteiger partial charge < -0.3 is 23.8 Å². The number of aryl methyl sites for hydroxylation is 2. The van der Waals surface area contributed by atoms with Gasteiger partial charge in [0.1, 0.15) is 11.3 Å². The number of fused-ring (bicyclic) bond motifs is 2. The maximum atomic E-state index is 13.8. The van der Waals surface area contributed by atoms with Gasteiger partial charge in [-0.1, -0.05) is 18.2 Å². The highest BCUT2D eigenvalue weighted by molar-refractivity contribution is 5.96. The number of likely N-dealkylation sites (tertiary alicyclic amines) is 1. The summed E-state index contributed by atoms with van der Waals surface area (Å²) in [5, 5.41) is 3.95. The van der Waals surface area contributed by atoms with Crippen LogP contribution in [0.2, 0.25) is 0 Å². The van der Waals surface area contributed by atoms with Crippen molar-refractivity contribution in [2.75, 3.05) is 47.0 Å². The normalized spacial score (nSPS) is 22.2. The molecule has 3 aliphatic heterocycles. The van der Waals surface area contributed by atoms with E-state index in [0.717, 1.165) is 22.6 Å². The summed E-state index contributed by atoms with van der Waals surface area (Å²) in [4.78, 5) is 32.8. The van der Waals surface area contributed by atoms with Crippen LogP contribution in [0.4, 0.5) is 4.79 Å². The number of rotatable bonds is 6. The number of carbonyl (C=O) groups excluding carboxylic acids is 2. The fourth-order valence-electron chi connectivity index (χ4n) is 5.93. The molecule has 3 aliphatic rings. The van der Waals surface area contributed by atoms with Gasteiger partial charge in [0.05, 0.1) is 37.3 Å². The summed E-state index contributed by atoms with van der Waals surface area (Å²) in [6.07, 6.45) is 5.61. The van der Waals surface area contributed by atoms with Gasteiger partial charge in [0, 0.05) is 32.4 Å². The summed E-state index contributed by atoms with van der Waals surface area (Å²) in [5.41, 5.74) is 3.94. The molecule has 0 saturated carbocycles.